The molecule has 0 aromatic carbocycles. The molecule has 5 nitrogen and oxygen atoms in total. The van der Waals surface area contributed by atoms with Crippen LogP contribution in [0.5, 0.6) is 0 Å². The first kappa shape index (κ1) is 26.0. The van der Waals surface area contributed by atoms with Crippen LogP contribution in [0.1, 0.15) is 37.7 Å². The number of aromatic nitrogens is 1. The van der Waals surface area contributed by atoms with Crippen LogP contribution in [0.4, 0.5) is 0 Å². The Bertz CT molecular complexity index is 453. The van der Waals surface area contributed by atoms with Crippen molar-refractivity contribution in [2.45, 2.75) is 39.0 Å². The second-order valence-electron chi connectivity index (χ2n) is 9.02. The molecule has 5 heteroatoms. The molecule has 0 radical (unpaired) electrons. The molecule has 0 amide bonds. The van der Waals surface area contributed by atoms with Gasteiger partial charge in [0.25, 0.3) is 0 Å². The van der Waals surface area contributed by atoms with Crippen LogP contribution >= 0.6 is 0 Å². The summed E-state index contributed by atoms with van der Waals surface area (Å²) in [6.07, 6.45) is 11.2. The van der Waals surface area contributed by atoms with E-state index in [0.717, 1.165) is 0 Å². The number of piperazine rings is 1. The number of aryl methyl sites for hydroxylation is 2. The molecule has 168 valence electrons. The molecule has 0 unspecified atom stereocenters. The highest BCUT2D eigenvalue weighted by Gasteiger charge is 2.07. The lowest BCUT2D eigenvalue weighted by molar-refractivity contribution is -0.671. The first-order valence-electron chi connectivity index (χ1n) is 11.5. The number of likely N-dealkylation sites (tertiary alicyclic amines) is 2. The number of rotatable bonds is 0. The summed E-state index contributed by atoms with van der Waals surface area (Å²) in [5.74, 6) is 0. The summed E-state index contributed by atoms with van der Waals surface area (Å²) in [6.45, 7) is 12.3. The van der Waals surface area contributed by atoms with Gasteiger partial charge in [-0.2, -0.15) is 0 Å². The Balaban J connectivity index is 0.000000194. The van der Waals surface area contributed by atoms with Crippen molar-refractivity contribution in [2.24, 2.45) is 7.05 Å². The molecule has 3 aliphatic heterocycles. The maximum Gasteiger partial charge on any atom is 0.168 e. The lowest BCUT2D eigenvalue weighted by Crippen LogP contribution is -2.42. The van der Waals surface area contributed by atoms with Crippen molar-refractivity contribution in [3.63, 3.8) is 0 Å². The number of piperidine rings is 1. The Hall–Kier alpha value is -1.01. The summed E-state index contributed by atoms with van der Waals surface area (Å²) in [5, 5.41) is 0. The molecule has 0 spiro atoms. The SMILES string of the molecule is CN1CCCC1.CN1CCCCC1.CN1CCN(C)CC1.Cc1cc[n+](C)cc1. The second-order valence-corrected chi connectivity index (χ2v) is 9.02. The molecule has 0 atom stereocenters. The number of hydrogen-bond donors (Lipinski definition) is 0. The highest BCUT2D eigenvalue weighted by Crippen LogP contribution is 2.04. The van der Waals surface area contributed by atoms with E-state index in [0.29, 0.717) is 0 Å². The van der Waals surface area contributed by atoms with Crippen LogP contribution < -0.4 is 4.57 Å². The smallest absolute Gasteiger partial charge is 0.168 e. The molecular formula is C24H48N5+. The molecule has 0 saturated carbocycles. The van der Waals surface area contributed by atoms with Gasteiger partial charge in [-0.3, -0.25) is 0 Å². The monoisotopic (exact) mass is 406 g/mol. The Morgan fingerprint density at radius 3 is 1.10 bits per heavy atom. The molecule has 0 aliphatic carbocycles. The molecule has 4 heterocycles. The van der Waals surface area contributed by atoms with Gasteiger partial charge in [0.2, 0.25) is 0 Å². The standard InChI is InChI=1S/C7H10N.C6H14N2.C6H13N.C5H11N/c2*1-7-3-5-8(2)6-4-7;1-7-5-3-2-4-6-7;1-6-4-2-3-5-6/h3-6H,1-2H3;3-6H2,1-2H3;2-6H2,1H3;2-5H2,1H3/q+1;;;. The maximum absolute atomic E-state index is 2.39. The van der Waals surface area contributed by atoms with E-state index in [1.54, 1.807) is 0 Å². The summed E-state index contributed by atoms with van der Waals surface area (Å²) in [4.78, 5) is 9.48. The van der Waals surface area contributed by atoms with Gasteiger partial charge >= 0.3 is 0 Å². The van der Waals surface area contributed by atoms with Gasteiger partial charge in [-0.25, -0.2) is 4.57 Å². The van der Waals surface area contributed by atoms with Gasteiger partial charge in [-0.05, 0) is 92.5 Å². The summed E-state index contributed by atoms with van der Waals surface area (Å²) < 4.78 is 2.02. The summed E-state index contributed by atoms with van der Waals surface area (Å²) in [5.41, 5.74) is 1.31. The fraction of sp³-hybridized carbons (Fsp3) is 0.792. The fourth-order valence-electron chi connectivity index (χ4n) is 3.41. The van der Waals surface area contributed by atoms with Gasteiger partial charge in [0.15, 0.2) is 12.4 Å². The molecule has 4 rings (SSSR count). The Morgan fingerprint density at radius 2 is 0.862 bits per heavy atom. The lowest BCUT2D eigenvalue weighted by Gasteiger charge is -2.28. The predicted molar refractivity (Wildman–Crippen MR) is 125 cm³/mol. The van der Waals surface area contributed by atoms with Crippen LogP contribution in [0.3, 0.4) is 0 Å². The lowest BCUT2D eigenvalue weighted by atomic mass is 10.1. The average molecular weight is 407 g/mol. The van der Waals surface area contributed by atoms with E-state index >= 15 is 0 Å². The van der Waals surface area contributed by atoms with Crippen molar-refractivity contribution in [1.82, 2.24) is 19.6 Å². The highest BCUT2D eigenvalue weighted by molar-refractivity contribution is 5.02. The van der Waals surface area contributed by atoms with Crippen LogP contribution in [-0.2, 0) is 7.05 Å². The van der Waals surface area contributed by atoms with E-state index < -0.39 is 0 Å². The van der Waals surface area contributed by atoms with Gasteiger partial charge in [-0.15, -0.1) is 0 Å². The molecule has 3 aliphatic rings. The minimum atomic E-state index is 1.23. The molecule has 1 aromatic heterocycles. The summed E-state index contributed by atoms with van der Waals surface area (Å²) in [7, 11) is 10.7. The molecule has 3 saturated heterocycles. The van der Waals surface area contributed by atoms with E-state index in [4.69, 9.17) is 0 Å². The number of nitrogens with zero attached hydrogens (tertiary/aromatic N) is 5. The zero-order chi connectivity index (χ0) is 21.5. The van der Waals surface area contributed by atoms with Crippen molar-refractivity contribution < 1.29 is 4.57 Å². The first-order chi connectivity index (χ1) is 13.9. The largest absolute Gasteiger partial charge is 0.306 e. The van der Waals surface area contributed by atoms with E-state index in [9.17, 15) is 0 Å². The molecule has 29 heavy (non-hydrogen) atoms. The number of pyridine rings is 1. The second kappa shape index (κ2) is 15.8. The molecule has 1 aromatic rings. The van der Waals surface area contributed by atoms with Crippen LogP contribution in [-0.4, -0.2) is 100 Å². The zero-order valence-electron chi connectivity index (χ0n) is 20.2. The Morgan fingerprint density at radius 1 is 0.552 bits per heavy atom. The number of likely N-dealkylation sites (N-methyl/N-ethyl adjacent to an activating group) is 2. The van der Waals surface area contributed by atoms with Gasteiger partial charge < -0.3 is 19.6 Å². The van der Waals surface area contributed by atoms with E-state index in [1.807, 2.05) is 24.0 Å². The van der Waals surface area contributed by atoms with Gasteiger partial charge in [-0.1, -0.05) is 6.42 Å². The van der Waals surface area contributed by atoms with Crippen LogP contribution in [0.25, 0.3) is 0 Å². The topological polar surface area (TPSA) is 16.8 Å². The third kappa shape index (κ3) is 14.6. The van der Waals surface area contributed by atoms with Gasteiger partial charge in [0.1, 0.15) is 7.05 Å². The Kier molecular flexibility index (Phi) is 14.2. The van der Waals surface area contributed by atoms with Crippen LogP contribution in [0, 0.1) is 6.92 Å². The molecule has 3 fully saturated rings. The molecule has 0 bridgehead atoms. The summed E-state index contributed by atoms with van der Waals surface area (Å²) >= 11 is 0. The van der Waals surface area contributed by atoms with Crippen LogP contribution in [0.2, 0.25) is 0 Å². The minimum absolute atomic E-state index is 1.23. The normalized spacial score (nSPS) is 21.2. The molecule has 0 N–H and O–H groups in total. The van der Waals surface area contributed by atoms with Crippen molar-refractivity contribution in [1.29, 1.82) is 0 Å². The number of hydrogen-bond acceptors (Lipinski definition) is 4. The van der Waals surface area contributed by atoms with Gasteiger partial charge in [0.05, 0.1) is 0 Å². The molecular weight excluding hydrogens is 358 g/mol. The van der Waals surface area contributed by atoms with E-state index in [1.165, 1.54) is 90.0 Å². The minimum Gasteiger partial charge on any atom is -0.306 e. The van der Waals surface area contributed by atoms with Crippen molar-refractivity contribution in [3.8, 4) is 0 Å². The Labute approximate surface area is 181 Å². The predicted octanol–water partition coefficient (Wildman–Crippen LogP) is 2.50. The zero-order valence-corrected chi connectivity index (χ0v) is 20.2. The van der Waals surface area contributed by atoms with E-state index in [-0.39, 0.29) is 0 Å². The average Bonchev–Trinajstić information content (AvgIpc) is 3.20. The third-order valence-corrected chi connectivity index (χ3v) is 5.78. The highest BCUT2D eigenvalue weighted by atomic mass is 15.2. The van der Waals surface area contributed by atoms with E-state index in [2.05, 4.69) is 66.8 Å². The van der Waals surface area contributed by atoms with Crippen molar-refractivity contribution >= 4 is 0 Å². The quantitative estimate of drug-likeness (QED) is 0.616. The maximum atomic E-state index is 2.39. The fourth-order valence-corrected chi connectivity index (χ4v) is 3.41. The first-order valence-corrected chi connectivity index (χ1v) is 11.5. The van der Waals surface area contributed by atoms with Crippen LogP contribution in [0.15, 0.2) is 24.5 Å². The van der Waals surface area contributed by atoms with Crippen molar-refractivity contribution in [3.05, 3.63) is 30.1 Å². The third-order valence-electron chi connectivity index (χ3n) is 5.78. The summed E-state index contributed by atoms with van der Waals surface area (Å²) in [6, 6.07) is 4.17. The van der Waals surface area contributed by atoms with Gasteiger partial charge in [0, 0.05) is 38.3 Å². The van der Waals surface area contributed by atoms with Crippen molar-refractivity contribution in [2.75, 3.05) is 80.5 Å².